The average Bonchev–Trinajstić information content (AvgIpc) is 2.81. The Morgan fingerprint density at radius 3 is 3.00 bits per heavy atom. The number of hydrogen-bond donors (Lipinski definition) is 1. The zero-order valence-corrected chi connectivity index (χ0v) is 11.5. The number of carboxylic acid groups (broad SMARTS) is 1. The second kappa shape index (κ2) is 6.24. The number of carbonyl (C=O) groups excluding carboxylic acids is 1. The van der Waals surface area contributed by atoms with Gasteiger partial charge in [-0.3, -0.25) is 9.59 Å². The van der Waals surface area contributed by atoms with E-state index in [1.807, 2.05) is 17.5 Å². The van der Waals surface area contributed by atoms with Crippen molar-refractivity contribution in [3.05, 3.63) is 22.4 Å². The number of rotatable bonds is 4. The van der Waals surface area contributed by atoms with Gasteiger partial charge >= 0.3 is 5.97 Å². The van der Waals surface area contributed by atoms with E-state index in [4.69, 9.17) is 5.11 Å². The molecule has 6 heteroatoms. The number of hydrogen-bond acceptors (Lipinski definition) is 4. The van der Waals surface area contributed by atoms with Crippen LogP contribution >= 0.6 is 23.1 Å². The minimum atomic E-state index is -0.837. The van der Waals surface area contributed by atoms with E-state index in [1.165, 1.54) is 0 Å². The maximum Gasteiger partial charge on any atom is 0.305 e. The number of amides is 1. The molecular weight excluding hydrogens is 270 g/mol. The van der Waals surface area contributed by atoms with Gasteiger partial charge in [0.25, 0.3) is 0 Å². The Morgan fingerprint density at radius 2 is 2.33 bits per heavy atom. The second-order valence-corrected chi connectivity index (χ2v) is 6.35. The molecule has 18 heavy (non-hydrogen) atoms. The summed E-state index contributed by atoms with van der Waals surface area (Å²) in [5.41, 5.74) is 0. The molecule has 1 aromatic heterocycles. The van der Waals surface area contributed by atoms with Crippen LogP contribution in [0.1, 0.15) is 11.3 Å². The Bertz CT molecular complexity index is 419. The van der Waals surface area contributed by atoms with Crippen molar-refractivity contribution < 1.29 is 14.7 Å². The van der Waals surface area contributed by atoms with Crippen molar-refractivity contribution in [2.24, 2.45) is 0 Å². The van der Waals surface area contributed by atoms with E-state index in [0.717, 1.165) is 16.4 Å². The zero-order valence-electron chi connectivity index (χ0n) is 9.87. The third kappa shape index (κ3) is 3.49. The van der Waals surface area contributed by atoms with Gasteiger partial charge in [0.2, 0.25) is 5.91 Å². The number of carbonyl (C=O) groups is 2. The first kappa shape index (κ1) is 13.4. The highest BCUT2D eigenvalue weighted by atomic mass is 32.2. The number of nitrogens with zero attached hydrogens (tertiary/aromatic N) is 1. The molecule has 1 fully saturated rings. The first-order chi connectivity index (χ1) is 8.66. The summed E-state index contributed by atoms with van der Waals surface area (Å²) in [6, 6.07) is 3.70. The Kier molecular flexibility index (Phi) is 4.66. The lowest BCUT2D eigenvalue weighted by molar-refractivity contribution is -0.140. The van der Waals surface area contributed by atoms with Crippen molar-refractivity contribution >= 4 is 35.0 Å². The molecule has 0 bridgehead atoms. The van der Waals surface area contributed by atoms with Crippen molar-refractivity contribution in [2.45, 2.75) is 18.9 Å². The van der Waals surface area contributed by atoms with Crippen LogP contribution in [0.15, 0.2) is 17.5 Å². The van der Waals surface area contributed by atoms with Gasteiger partial charge in [0.05, 0.1) is 18.9 Å². The van der Waals surface area contributed by atoms with E-state index in [0.29, 0.717) is 13.0 Å². The molecule has 0 spiro atoms. The quantitative estimate of drug-likeness (QED) is 0.915. The van der Waals surface area contributed by atoms with Crippen molar-refractivity contribution in [2.75, 3.05) is 18.1 Å². The fraction of sp³-hybridized carbons (Fsp3) is 0.500. The highest BCUT2D eigenvalue weighted by Crippen LogP contribution is 2.21. The van der Waals surface area contributed by atoms with Crippen LogP contribution in [0.25, 0.3) is 0 Å². The number of thioether (sulfide) groups is 1. The summed E-state index contributed by atoms with van der Waals surface area (Å²) in [6.45, 7) is 0.660. The Balaban J connectivity index is 1.99. The van der Waals surface area contributed by atoms with Crippen molar-refractivity contribution in [1.82, 2.24) is 4.90 Å². The fourth-order valence-electron chi connectivity index (χ4n) is 2.02. The van der Waals surface area contributed by atoms with E-state index in [2.05, 4.69) is 0 Å². The van der Waals surface area contributed by atoms with E-state index >= 15 is 0 Å². The predicted molar refractivity (Wildman–Crippen MR) is 73.1 cm³/mol. The third-order valence-corrected chi connectivity index (χ3v) is 4.83. The van der Waals surface area contributed by atoms with Gasteiger partial charge in [0, 0.05) is 22.9 Å². The van der Waals surface area contributed by atoms with Crippen LogP contribution in [-0.2, 0) is 16.0 Å². The minimum absolute atomic E-state index is 0.0448. The number of carboxylic acids is 1. The monoisotopic (exact) mass is 285 g/mol. The van der Waals surface area contributed by atoms with Gasteiger partial charge in [-0.25, -0.2) is 0 Å². The molecule has 2 heterocycles. The van der Waals surface area contributed by atoms with Crippen LogP contribution in [0.5, 0.6) is 0 Å². The maximum absolute atomic E-state index is 12.2. The molecule has 98 valence electrons. The van der Waals surface area contributed by atoms with E-state index in [-0.39, 0.29) is 18.4 Å². The smallest absolute Gasteiger partial charge is 0.305 e. The number of thiophene rings is 1. The first-order valence-electron chi connectivity index (χ1n) is 5.78. The van der Waals surface area contributed by atoms with Crippen LogP contribution < -0.4 is 0 Å². The molecule has 1 aromatic rings. The van der Waals surface area contributed by atoms with Gasteiger partial charge in [0.1, 0.15) is 0 Å². The van der Waals surface area contributed by atoms with Gasteiger partial charge in [-0.1, -0.05) is 6.07 Å². The molecular formula is C12H15NO3S2. The molecule has 0 aromatic carbocycles. The largest absolute Gasteiger partial charge is 0.481 e. The fourth-order valence-corrected chi connectivity index (χ4v) is 3.78. The maximum atomic E-state index is 12.2. The van der Waals surface area contributed by atoms with E-state index < -0.39 is 5.97 Å². The Morgan fingerprint density at radius 1 is 1.50 bits per heavy atom. The summed E-state index contributed by atoms with van der Waals surface area (Å²) in [5.74, 6) is 0.829. The lowest BCUT2D eigenvalue weighted by atomic mass is 10.1. The van der Waals surface area contributed by atoms with Gasteiger partial charge in [-0.15, -0.1) is 11.3 Å². The summed E-state index contributed by atoms with van der Waals surface area (Å²) >= 11 is 3.28. The summed E-state index contributed by atoms with van der Waals surface area (Å²) in [5, 5.41) is 10.8. The van der Waals surface area contributed by atoms with Crippen LogP contribution in [0.3, 0.4) is 0 Å². The van der Waals surface area contributed by atoms with Gasteiger partial charge in [-0.05, 0) is 11.4 Å². The molecule has 1 amide bonds. The molecule has 1 aliphatic heterocycles. The second-order valence-electron chi connectivity index (χ2n) is 4.17. The summed E-state index contributed by atoms with van der Waals surface area (Å²) in [6.07, 6.45) is 0.432. The standard InChI is InChI=1S/C12H15NO3S2/c14-11(7-10-2-1-4-18-10)13-3-5-17-8-9(13)6-12(15)16/h1-2,4,9H,3,5-8H2,(H,15,16). The van der Waals surface area contributed by atoms with Crippen molar-refractivity contribution in [1.29, 1.82) is 0 Å². The molecule has 1 unspecified atom stereocenters. The molecule has 1 saturated heterocycles. The van der Waals surface area contributed by atoms with E-state index in [9.17, 15) is 9.59 Å². The Hall–Kier alpha value is -1.01. The van der Waals surface area contributed by atoms with Gasteiger partial charge in [-0.2, -0.15) is 11.8 Å². The highest BCUT2D eigenvalue weighted by Gasteiger charge is 2.28. The van der Waals surface area contributed by atoms with Crippen molar-refractivity contribution in [3.63, 3.8) is 0 Å². The number of aliphatic carboxylic acids is 1. The van der Waals surface area contributed by atoms with Gasteiger partial charge in [0.15, 0.2) is 0 Å². The van der Waals surface area contributed by atoms with Crippen LogP contribution in [0.2, 0.25) is 0 Å². The molecule has 0 radical (unpaired) electrons. The molecule has 1 atom stereocenters. The first-order valence-corrected chi connectivity index (χ1v) is 7.81. The molecule has 0 aliphatic carbocycles. The zero-order chi connectivity index (χ0) is 13.0. The lowest BCUT2D eigenvalue weighted by Gasteiger charge is -2.34. The SMILES string of the molecule is O=C(O)CC1CSCCN1C(=O)Cc1cccs1. The summed E-state index contributed by atoms with van der Waals surface area (Å²) in [7, 11) is 0. The molecule has 0 saturated carbocycles. The van der Waals surface area contributed by atoms with Crippen LogP contribution in [0, 0.1) is 0 Å². The Labute approximate surface area is 114 Å². The summed E-state index contributed by atoms with van der Waals surface area (Å²) in [4.78, 5) is 25.8. The molecule has 1 aliphatic rings. The van der Waals surface area contributed by atoms with Crippen LogP contribution in [0.4, 0.5) is 0 Å². The topological polar surface area (TPSA) is 57.6 Å². The van der Waals surface area contributed by atoms with Gasteiger partial charge < -0.3 is 10.0 Å². The van der Waals surface area contributed by atoms with E-state index in [1.54, 1.807) is 28.0 Å². The van der Waals surface area contributed by atoms with Crippen LogP contribution in [-0.4, -0.2) is 46.0 Å². The predicted octanol–water partition coefficient (Wildman–Crippen LogP) is 1.71. The highest BCUT2D eigenvalue weighted by molar-refractivity contribution is 7.99. The lowest BCUT2D eigenvalue weighted by Crippen LogP contribution is -2.47. The minimum Gasteiger partial charge on any atom is -0.481 e. The van der Waals surface area contributed by atoms with Crippen molar-refractivity contribution in [3.8, 4) is 0 Å². The summed E-state index contributed by atoms with van der Waals surface area (Å²) < 4.78 is 0. The molecule has 1 N–H and O–H groups in total. The average molecular weight is 285 g/mol. The molecule has 4 nitrogen and oxygen atoms in total. The molecule has 2 rings (SSSR count). The third-order valence-electron chi connectivity index (χ3n) is 2.86. The normalized spacial score (nSPS) is 19.8.